The number of halogens is 1. The van der Waals surface area contributed by atoms with Crippen LogP contribution < -0.4 is 5.32 Å². The number of benzene rings is 1. The zero-order valence-corrected chi connectivity index (χ0v) is 9.57. The molecule has 1 nitrogen and oxygen atoms in total. The fraction of sp³-hybridized carbons (Fsp3) is 0.455. The molecule has 0 aromatic heterocycles. The summed E-state index contributed by atoms with van der Waals surface area (Å²) in [5.41, 5.74) is 0. The van der Waals surface area contributed by atoms with E-state index in [4.69, 9.17) is 11.6 Å². The summed E-state index contributed by atoms with van der Waals surface area (Å²) in [5.74, 6) is 0. The van der Waals surface area contributed by atoms with E-state index in [0.29, 0.717) is 5.25 Å². The monoisotopic (exact) mass is 227 g/mol. The van der Waals surface area contributed by atoms with E-state index in [1.54, 1.807) is 0 Å². The van der Waals surface area contributed by atoms with Crippen LogP contribution in [0.25, 0.3) is 0 Å². The van der Waals surface area contributed by atoms with E-state index in [-0.39, 0.29) is 0 Å². The maximum atomic E-state index is 6.10. The fourth-order valence-electron chi connectivity index (χ4n) is 1.64. The van der Waals surface area contributed by atoms with Crippen molar-refractivity contribution in [3.63, 3.8) is 0 Å². The third-order valence-corrected chi connectivity index (χ3v) is 4.17. The minimum absolute atomic E-state index is 0.684. The molecule has 1 aromatic rings. The molecule has 1 aliphatic rings. The Kier molecular flexibility index (Phi) is 3.74. The van der Waals surface area contributed by atoms with Gasteiger partial charge in [-0.15, -0.1) is 11.8 Å². The van der Waals surface area contributed by atoms with Gasteiger partial charge in [-0.2, -0.15) is 0 Å². The van der Waals surface area contributed by atoms with Crippen LogP contribution in [0.3, 0.4) is 0 Å². The molecule has 2 rings (SSSR count). The van der Waals surface area contributed by atoms with Gasteiger partial charge in [0.05, 0.1) is 5.02 Å². The van der Waals surface area contributed by atoms with Gasteiger partial charge in [0.25, 0.3) is 0 Å². The largest absolute Gasteiger partial charge is 0.316 e. The van der Waals surface area contributed by atoms with E-state index in [2.05, 4.69) is 11.4 Å². The van der Waals surface area contributed by atoms with Gasteiger partial charge in [0.15, 0.2) is 0 Å². The van der Waals surface area contributed by atoms with Crippen molar-refractivity contribution in [2.24, 2.45) is 0 Å². The molecule has 14 heavy (non-hydrogen) atoms. The Labute approximate surface area is 94.2 Å². The Bertz CT molecular complexity index is 297. The first-order valence-electron chi connectivity index (χ1n) is 4.98. The van der Waals surface area contributed by atoms with Gasteiger partial charge in [-0.3, -0.25) is 0 Å². The summed E-state index contributed by atoms with van der Waals surface area (Å²) < 4.78 is 0. The van der Waals surface area contributed by atoms with Crippen LogP contribution in [0, 0.1) is 0 Å². The Morgan fingerprint density at radius 1 is 1.36 bits per heavy atom. The molecule has 3 heteroatoms. The van der Waals surface area contributed by atoms with Gasteiger partial charge in [0.2, 0.25) is 0 Å². The number of nitrogens with one attached hydrogen (secondary N) is 1. The molecule has 1 atom stereocenters. The summed E-state index contributed by atoms with van der Waals surface area (Å²) in [6.07, 6.45) is 2.57. The number of hydrogen-bond acceptors (Lipinski definition) is 2. The van der Waals surface area contributed by atoms with E-state index in [0.717, 1.165) is 11.6 Å². The highest BCUT2D eigenvalue weighted by atomic mass is 35.5. The molecule has 0 bridgehead atoms. The van der Waals surface area contributed by atoms with Gasteiger partial charge in [0, 0.05) is 16.7 Å². The predicted molar refractivity (Wildman–Crippen MR) is 63.2 cm³/mol. The Morgan fingerprint density at radius 2 is 2.21 bits per heavy atom. The Balaban J connectivity index is 1.99. The lowest BCUT2D eigenvalue weighted by Gasteiger charge is -2.22. The summed E-state index contributed by atoms with van der Waals surface area (Å²) in [6.45, 7) is 2.27. The van der Waals surface area contributed by atoms with Crippen LogP contribution in [-0.4, -0.2) is 18.3 Å². The standard InChI is InChI=1S/C11H14ClNS/c12-10-5-1-2-6-11(10)14-9-4-3-7-13-8-9/h1-2,5-6,9,13H,3-4,7-8H2. The van der Waals surface area contributed by atoms with E-state index in [1.807, 2.05) is 30.0 Å². The van der Waals surface area contributed by atoms with Gasteiger partial charge < -0.3 is 5.32 Å². The average Bonchev–Trinajstić information content (AvgIpc) is 2.23. The van der Waals surface area contributed by atoms with Gasteiger partial charge in [-0.1, -0.05) is 23.7 Å². The van der Waals surface area contributed by atoms with E-state index >= 15 is 0 Å². The second kappa shape index (κ2) is 5.06. The Hall–Kier alpha value is -0.180. The molecule has 0 spiro atoms. The van der Waals surface area contributed by atoms with Crippen LogP contribution in [-0.2, 0) is 0 Å². The van der Waals surface area contributed by atoms with Crippen molar-refractivity contribution in [3.05, 3.63) is 29.3 Å². The summed E-state index contributed by atoms with van der Waals surface area (Å²) in [6, 6.07) is 8.08. The molecule has 0 aliphatic carbocycles. The minimum atomic E-state index is 0.684. The van der Waals surface area contributed by atoms with Crippen LogP contribution in [0.4, 0.5) is 0 Å². The average molecular weight is 228 g/mol. The molecule has 1 saturated heterocycles. The highest BCUT2D eigenvalue weighted by Crippen LogP contribution is 2.32. The number of piperidine rings is 1. The van der Waals surface area contributed by atoms with E-state index in [1.165, 1.54) is 24.3 Å². The molecule has 76 valence electrons. The van der Waals surface area contributed by atoms with Crippen molar-refractivity contribution in [3.8, 4) is 0 Å². The molecule has 1 fully saturated rings. The third kappa shape index (κ3) is 2.66. The molecule has 0 amide bonds. The van der Waals surface area contributed by atoms with Gasteiger partial charge in [0.1, 0.15) is 0 Å². The smallest absolute Gasteiger partial charge is 0.0541 e. The van der Waals surface area contributed by atoms with Crippen LogP contribution in [0.1, 0.15) is 12.8 Å². The van der Waals surface area contributed by atoms with Crippen molar-refractivity contribution >= 4 is 23.4 Å². The summed E-state index contributed by atoms with van der Waals surface area (Å²) in [7, 11) is 0. The molecule has 1 aromatic carbocycles. The maximum absolute atomic E-state index is 6.10. The number of thioether (sulfide) groups is 1. The lowest BCUT2D eigenvalue weighted by atomic mass is 10.2. The molecule has 0 radical (unpaired) electrons. The maximum Gasteiger partial charge on any atom is 0.0541 e. The highest BCUT2D eigenvalue weighted by Gasteiger charge is 2.14. The zero-order valence-electron chi connectivity index (χ0n) is 8.00. The molecule has 0 saturated carbocycles. The first-order valence-corrected chi connectivity index (χ1v) is 6.24. The summed E-state index contributed by atoms with van der Waals surface area (Å²) in [4.78, 5) is 1.21. The lowest BCUT2D eigenvalue weighted by Crippen LogP contribution is -2.31. The van der Waals surface area contributed by atoms with Gasteiger partial charge in [-0.25, -0.2) is 0 Å². The first kappa shape index (κ1) is 10.3. The minimum Gasteiger partial charge on any atom is -0.316 e. The highest BCUT2D eigenvalue weighted by molar-refractivity contribution is 8.00. The zero-order chi connectivity index (χ0) is 9.80. The van der Waals surface area contributed by atoms with Crippen molar-refractivity contribution in [2.75, 3.05) is 13.1 Å². The molecule has 1 heterocycles. The molecular weight excluding hydrogens is 214 g/mol. The number of rotatable bonds is 2. The fourth-order valence-corrected chi connectivity index (χ4v) is 3.09. The Morgan fingerprint density at radius 3 is 2.93 bits per heavy atom. The molecule has 1 aliphatic heterocycles. The molecule has 1 unspecified atom stereocenters. The van der Waals surface area contributed by atoms with Crippen LogP contribution in [0.2, 0.25) is 5.02 Å². The molecular formula is C11H14ClNS. The topological polar surface area (TPSA) is 12.0 Å². The summed E-state index contributed by atoms with van der Waals surface area (Å²) in [5, 5.41) is 4.97. The van der Waals surface area contributed by atoms with Crippen molar-refractivity contribution in [2.45, 2.75) is 23.0 Å². The van der Waals surface area contributed by atoms with Crippen LogP contribution >= 0.6 is 23.4 Å². The van der Waals surface area contributed by atoms with Crippen molar-refractivity contribution in [1.82, 2.24) is 5.32 Å². The van der Waals surface area contributed by atoms with Crippen LogP contribution in [0.15, 0.2) is 29.2 Å². The van der Waals surface area contributed by atoms with Gasteiger partial charge >= 0.3 is 0 Å². The quantitative estimate of drug-likeness (QED) is 0.833. The van der Waals surface area contributed by atoms with Gasteiger partial charge in [-0.05, 0) is 31.5 Å². The predicted octanol–water partition coefficient (Wildman–Crippen LogP) is 3.18. The van der Waals surface area contributed by atoms with Crippen molar-refractivity contribution < 1.29 is 0 Å². The number of hydrogen-bond donors (Lipinski definition) is 1. The van der Waals surface area contributed by atoms with E-state index in [9.17, 15) is 0 Å². The molecule has 1 N–H and O–H groups in total. The van der Waals surface area contributed by atoms with E-state index < -0.39 is 0 Å². The lowest BCUT2D eigenvalue weighted by molar-refractivity contribution is 0.531. The normalized spacial score (nSPS) is 22.2. The third-order valence-electron chi connectivity index (χ3n) is 2.38. The SMILES string of the molecule is Clc1ccccc1SC1CCCNC1. The first-order chi connectivity index (χ1) is 6.86. The second-order valence-electron chi connectivity index (χ2n) is 3.52. The van der Waals surface area contributed by atoms with Crippen molar-refractivity contribution in [1.29, 1.82) is 0 Å². The summed E-state index contributed by atoms with van der Waals surface area (Å²) >= 11 is 8.00. The van der Waals surface area contributed by atoms with Crippen LogP contribution in [0.5, 0.6) is 0 Å². The second-order valence-corrected chi connectivity index (χ2v) is 5.27.